The molecule has 1 fully saturated rings. The number of hydrogen-bond acceptors (Lipinski definition) is 5. The largest absolute Gasteiger partial charge is 0.368 e. The summed E-state index contributed by atoms with van der Waals surface area (Å²) in [5.74, 6) is 0. The summed E-state index contributed by atoms with van der Waals surface area (Å²) in [5.41, 5.74) is 11.3. The van der Waals surface area contributed by atoms with E-state index in [1.54, 1.807) is 0 Å². The first kappa shape index (κ1) is 27.4. The molecule has 0 spiro atoms. The van der Waals surface area contributed by atoms with Gasteiger partial charge in [-0.1, -0.05) is 97.1 Å². The smallest absolute Gasteiger partial charge is 0.131 e. The molecule has 3 heterocycles. The monoisotopic (exact) mass is 565 g/mol. The van der Waals surface area contributed by atoms with E-state index in [1.165, 1.54) is 39.0 Å². The lowest BCUT2D eigenvalue weighted by Gasteiger charge is -2.46. The van der Waals surface area contributed by atoms with Gasteiger partial charge in [-0.25, -0.2) is 5.43 Å². The van der Waals surface area contributed by atoms with Crippen LogP contribution in [0.2, 0.25) is 0 Å². The van der Waals surface area contributed by atoms with Crippen LogP contribution in [-0.2, 0) is 11.1 Å². The molecular formula is C38H39N5. The molecule has 43 heavy (non-hydrogen) atoms. The Morgan fingerprint density at radius 1 is 0.721 bits per heavy atom. The Morgan fingerprint density at radius 2 is 1.28 bits per heavy atom. The molecule has 1 aromatic heterocycles. The molecule has 0 radical (unpaired) electrons. The summed E-state index contributed by atoms with van der Waals surface area (Å²) in [5, 5.41) is 3.60. The number of hydrazine groups is 1. The lowest BCUT2D eigenvalue weighted by molar-refractivity contribution is 0.118. The van der Waals surface area contributed by atoms with E-state index in [4.69, 9.17) is 4.98 Å². The van der Waals surface area contributed by atoms with Crippen LogP contribution in [0.4, 0.5) is 5.69 Å². The molecule has 2 aliphatic heterocycles. The van der Waals surface area contributed by atoms with Crippen LogP contribution in [0.1, 0.15) is 36.1 Å². The lowest BCUT2D eigenvalue weighted by Crippen LogP contribution is -2.55. The van der Waals surface area contributed by atoms with Crippen molar-refractivity contribution in [1.29, 1.82) is 0 Å². The minimum absolute atomic E-state index is 0.433. The average molecular weight is 566 g/mol. The zero-order valence-electron chi connectivity index (χ0n) is 25.2. The number of nitrogens with zero attached hydrogens (tertiary/aromatic N) is 4. The van der Waals surface area contributed by atoms with Crippen LogP contribution in [0.25, 0.3) is 10.9 Å². The van der Waals surface area contributed by atoms with Crippen molar-refractivity contribution >= 4 is 16.6 Å². The number of fused-ring (bicyclic) bond motifs is 1. The summed E-state index contributed by atoms with van der Waals surface area (Å²) in [6.45, 7) is 8.70. The molecule has 0 aliphatic carbocycles. The Morgan fingerprint density at radius 3 is 1.84 bits per heavy atom. The average Bonchev–Trinajstić information content (AvgIpc) is 3.38. The van der Waals surface area contributed by atoms with Gasteiger partial charge in [0, 0.05) is 49.1 Å². The number of pyridine rings is 1. The molecule has 1 atom stereocenters. The van der Waals surface area contributed by atoms with E-state index in [0.29, 0.717) is 0 Å². The van der Waals surface area contributed by atoms with Crippen molar-refractivity contribution in [2.75, 3.05) is 38.1 Å². The fraction of sp³-hybridized carbons (Fsp3) is 0.237. The number of hydrogen-bond donors (Lipinski definition) is 1. The van der Waals surface area contributed by atoms with Gasteiger partial charge >= 0.3 is 0 Å². The van der Waals surface area contributed by atoms with E-state index in [9.17, 15) is 0 Å². The Bertz CT molecular complexity index is 1650. The molecule has 216 valence electrons. The van der Waals surface area contributed by atoms with E-state index >= 15 is 0 Å². The van der Waals surface area contributed by atoms with Crippen molar-refractivity contribution in [2.45, 2.75) is 24.9 Å². The minimum atomic E-state index is -0.592. The maximum Gasteiger partial charge on any atom is 0.131 e. The van der Waals surface area contributed by atoms with Crippen molar-refractivity contribution in [1.82, 2.24) is 20.3 Å². The molecule has 5 aromatic rings. The molecule has 4 aromatic carbocycles. The molecule has 2 aliphatic rings. The summed E-state index contributed by atoms with van der Waals surface area (Å²) < 4.78 is 0. The zero-order valence-corrected chi connectivity index (χ0v) is 25.2. The van der Waals surface area contributed by atoms with Gasteiger partial charge in [0.25, 0.3) is 0 Å². The number of benzene rings is 4. The van der Waals surface area contributed by atoms with Crippen LogP contribution in [0.3, 0.4) is 0 Å². The van der Waals surface area contributed by atoms with Gasteiger partial charge in [-0.2, -0.15) is 0 Å². The minimum Gasteiger partial charge on any atom is -0.368 e. The highest BCUT2D eigenvalue weighted by atomic mass is 15.6. The van der Waals surface area contributed by atoms with E-state index in [2.05, 4.69) is 162 Å². The highest BCUT2D eigenvalue weighted by Gasteiger charge is 2.48. The van der Waals surface area contributed by atoms with Crippen molar-refractivity contribution in [3.63, 3.8) is 0 Å². The molecule has 5 heteroatoms. The standard InChI is InChI=1S/C38H39N5/c1-29-28-37(2,33-19-20-35-34(27-33)36(21-22-39-35)42-25-23-41(3)24-26-42)40-43(29)38(30-13-7-4-8-14-30,31-15-9-5-10-16-31)32-17-11-6-12-18-32/h4-22,27-28,40H,23-26H2,1-3H3. The van der Waals surface area contributed by atoms with Gasteiger partial charge in [0.2, 0.25) is 0 Å². The summed E-state index contributed by atoms with van der Waals surface area (Å²) >= 11 is 0. The van der Waals surface area contributed by atoms with Gasteiger partial charge in [0.05, 0.1) is 11.1 Å². The highest BCUT2D eigenvalue weighted by Crippen LogP contribution is 2.47. The first-order valence-corrected chi connectivity index (χ1v) is 15.3. The van der Waals surface area contributed by atoms with Gasteiger partial charge < -0.3 is 9.80 Å². The first-order chi connectivity index (χ1) is 21.0. The Kier molecular flexibility index (Phi) is 7.00. The fourth-order valence-electron chi connectivity index (χ4n) is 7.03. The van der Waals surface area contributed by atoms with Gasteiger partial charge in [-0.05, 0) is 67.4 Å². The Hall–Kier alpha value is -4.45. The second kappa shape index (κ2) is 11.0. The zero-order chi connectivity index (χ0) is 29.4. The van der Waals surface area contributed by atoms with Crippen molar-refractivity contribution in [3.05, 3.63) is 155 Å². The summed E-state index contributed by atoms with van der Waals surface area (Å²) in [6, 6.07) is 41.5. The van der Waals surface area contributed by atoms with E-state index in [-0.39, 0.29) is 0 Å². The third-order valence-corrected chi connectivity index (χ3v) is 9.27. The lowest BCUT2D eigenvalue weighted by atomic mass is 9.76. The Labute approximate surface area is 255 Å². The third kappa shape index (κ3) is 4.69. The van der Waals surface area contributed by atoms with Crippen LogP contribution in [0.5, 0.6) is 0 Å². The molecule has 0 amide bonds. The van der Waals surface area contributed by atoms with Gasteiger partial charge in [0.15, 0.2) is 0 Å². The summed E-state index contributed by atoms with van der Waals surface area (Å²) in [6.07, 6.45) is 4.33. The molecule has 0 bridgehead atoms. The summed E-state index contributed by atoms with van der Waals surface area (Å²) in [4.78, 5) is 9.66. The second-order valence-corrected chi connectivity index (χ2v) is 12.1. The second-order valence-electron chi connectivity index (χ2n) is 12.1. The predicted molar refractivity (Wildman–Crippen MR) is 177 cm³/mol. The number of allylic oxidation sites excluding steroid dienone is 1. The summed E-state index contributed by atoms with van der Waals surface area (Å²) in [7, 11) is 2.20. The molecule has 1 unspecified atom stereocenters. The quantitative estimate of drug-likeness (QED) is 0.226. The van der Waals surface area contributed by atoms with Crippen molar-refractivity contribution < 1.29 is 0 Å². The molecule has 5 nitrogen and oxygen atoms in total. The SMILES string of the molecule is CC1=CC(C)(c2ccc3nccc(N4CCN(C)CC4)c3c2)NN1C(c1ccccc1)(c1ccccc1)c1ccccc1. The van der Waals surface area contributed by atoms with Crippen LogP contribution < -0.4 is 10.3 Å². The van der Waals surface area contributed by atoms with Crippen LogP contribution >= 0.6 is 0 Å². The highest BCUT2D eigenvalue weighted by molar-refractivity contribution is 5.92. The molecular weight excluding hydrogens is 526 g/mol. The number of nitrogens with one attached hydrogen (secondary N) is 1. The van der Waals surface area contributed by atoms with Gasteiger partial charge in [-0.15, -0.1) is 0 Å². The van der Waals surface area contributed by atoms with Gasteiger partial charge in [0.1, 0.15) is 5.54 Å². The van der Waals surface area contributed by atoms with Crippen LogP contribution in [0, 0.1) is 0 Å². The maximum absolute atomic E-state index is 4.75. The van der Waals surface area contributed by atoms with Gasteiger partial charge in [-0.3, -0.25) is 9.99 Å². The Balaban J connectivity index is 1.36. The fourth-order valence-corrected chi connectivity index (χ4v) is 7.03. The molecule has 7 rings (SSSR count). The molecule has 1 N–H and O–H groups in total. The van der Waals surface area contributed by atoms with Crippen LogP contribution in [0.15, 0.2) is 133 Å². The maximum atomic E-state index is 4.75. The van der Waals surface area contributed by atoms with Crippen molar-refractivity contribution in [2.24, 2.45) is 0 Å². The number of anilines is 1. The number of likely N-dealkylation sites (N-methyl/N-ethyl adjacent to an activating group) is 1. The van der Waals surface area contributed by atoms with E-state index in [0.717, 1.165) is 31.7 Å². The van der Waals surface area contributed by atoms with Crippen molar-refractivity contribution in [3.8, 4) is 0 Å². The molecule has 0 saturated carbocycles. The number of aromatic nitrogens is 1. The normalized spacial score (nSPS) is 19.6. The predicted octanol–water partition coefficient (Wildman–Crippen LogP) is 6.92. The topological polar surface area (TPSA) is 34.6 Å². The third-order valence-electron chi connectivity index (χ3n) is 9.27. The number of piperazine rings is 1. The molecule has 1 saturated heterocycles. The van der Waals surface area contributed by atoms with Crippen LogP contribution in [-0.4, -0.2) is 48.1 Å². The van der Waals surface area contributed by atoms with E-state index < -0.39 is 11.1 Å². The number of rotatable bonds is 6. The first-order valence-electron chi connectivity index (χ1n) is 15.3. The van der Waals surface area contributed by atoms with E-state index in [1.807, 2.05) is 6.20 Å².